The maximum Gasteiger partial charge on any atom is 0.268 e. The van der Waals surface area contributed by atoms with Crippen LogP contribution in [-0.4, -0.2) is 36.4 Å². The topological polar surface area (TPSA) is 93.1 Å². The molecule has 7 nitrogen and oxygen atoms in total. The highest BCUT2D eigenvalue weighted by Gasteiger charge is 2.57. The molecule has 1 aliphatic carbocycles. The second-order valence-electron chi connectivity index (χ2n) is 5.40. The fourth-order valence-corrected chi connectivity index (χ4v) is 3.11. The lowest BCUT2D eigenvalue weighted by atomic mass is 9.80. The predicted molar refractivity (Wildman–Crippen MR) is 75.9 cm³/mol. The average molecular weight is 313 g/mol. The third-order valence-corrected chi connectivity index (χ3v) is 4.21. The van der Waals surface area contributed by atoms with E-state index in [1.165, 1.54) is 18.0 Å². The molecule has 23 heavy (non-hydrogen) atoms. The van der Waals surface area contributed by atoms with E-state index in [4.69, 9.17) is 9.47 Å². The van der Waals surface area contributed by atoms with Gasteiger partial charge in [-0.25, -0.2) is 0 Å². The molecule has 1 saturated heterocycles. The summed E-state index contributed by atoms with van der Waals surface area (Å²) in [6.45, 7) is -0.188. The summed E-state index contributed by atoms with van der Waals surface area (Å²) in [5.74, 6) is -2.57. The number of allylic oxidation sites excluding steroid dienone is 1. The van der Waals surface area contributed by atoms with Crippen LogP contribution in [0.1, 0.15) is 5.56 Å². The van der Waals surface area contributed by atoms with Crippen LogP contribution < -0.4 is 4.90 Å². The SMILES string of the molecule is CN1C(=O)C(O)(C2=C3OCOC3=CC(=O)C2=O)c2ccccc21. The lowest BCUT2D eigenvalue weighted by Gasteiger charge is -2.26. The van der Waals surface area contributed by atoms with Gasteiger partial charge in [0.2, 0.25) is 24.0 Å². The summed E-state index contributed by atoms with van der Waals surface area (Å²) >= 11 is 0. The largest absolute Gasteiger partial charge is 0.453 e. The number of carbonyl (C=O) groups excluding carboxylic acids is 3. The minimum atomic E-state index is -2.28. The molecule has 1 unspecified atom stereocenters. The van der Waals surface area contributed by atoms with Gasteiger partial charge in [-0.15, -0.1) is 0 Å². The summed E-state index contributed by atoms with van der Waals surface area (Å²) in [7, 11) is 1.49. The van der Waals surface area contributed by atoms with Crippen molar-refractivity contribution in [1.29, 1.82) is 0 Å². The van der Waals surface area contributed by atoms with E-state index < -0.39 is 23.1 Å². The minimum Gasteiger partial charge on any atom is -0.453 e. The molecule has 0 saturated carbocycles. The third kappa shape index (κ3) is 1.54. The zero-order valence-corrected chi connectivity index (χ0v) is 12.0. The first-order valence-electron chi connectivity index (χ1n) is 6.87. The Labute approximate surface area is 130 Å². The molecule has 1 aromatic rings. The highest BCUT2D eigenvalue weighted by atomic mass is 16.7. The first kappa shape index (κ1) is 13.7. The number of aliphatic hydroxyl groups is 1. The molecule has 3 aliphatic rings. The van der Waals surface area contributed by atoms with Gasteiger partial charge >= 0.3 is 0 Å². The Balaban J connectivity index is 2.03. The second kappa shape index (κ2) is 4.30. The Kier molecular flexibility index (Phi) is 2.56. The number of hydrogen-bond donors (Lipinski definition) is 1. The first-order chi connectivity index (χ1) is 11.0. The molecule has 1 atom stereocenters. The van der Waals surface area contributed by atoms with E-state index in [2.05, 4.69) is 0 Å². The summed E-state index contributed by atoms with van der Waals surface area (Å²) in [6.07, 6.45) is 1.01. The zero-order chi connectivity index (χ0) is 16.4. The maximum atomic E-state index is 12.7. The van der Waals surface area contributed by atoms with Gasteiger partial charge in [0.05, 0.1) is 11.3 Å². The van der Waals surface area contributed by atoms with Gasteiger partial charge in [-0.05, 0) is 6.07 Å². The number of carbonyl (C=O) groups is 3. The first-order valence-corrected chi connectivity index (χ1v) is 6.87. The Bertz CT molecular complexity index is 852. The van der Waals surface area contributed by atoms with Crippen LogP contribution >= 0.6 is 0 Å². The van der Waals surface area contributed by atoms with Gasteiger partial charge in [-0.2, -0.15) is 0 Å². The standard InChI is InChI=1S/C16H11NO6/c1-17-9-5-3-2-4-8(9)16(21,15(17)20)12-13(19)10(18)6-11-14(12)23-7-22-11/h2-6,21H,7H2,1H3. The summed E-state index contributed by atoms with van der Waals surface area (Å²) in [5.41, 5.74) is -1.98. The number of para-hydroxylation sites is 1. The predicted octanol–water partition coefficient (Wildman–Crippen LogP) is 0.145. The van der Waals surface area contributed by atoms with E-state index in [0.29, 0.717) is 5.69 Å². The smallest absolute Gasteiger partial charge is 0.268 e. The highest BCUT2D eigenvalue weighted by Crippen LogP contribution is 2.47. The van der Waals surface area contributed by atoms with Crippen molar-refractivity contribution in [2.45, 2.75) is 5.60 Å². The molecule has 0 aromatic heterocycles. The van der Waals surface area contributed by atoms with E-state index in [0.717, 1.165) is 6.08 Å². The molecule has 116 valence electrons. The van der Waals surface area contributed by atoms with Gasteiger partial charge in [0.25, 0.3) is 5.91 Å². The van der Waals surface area contributed by atoms with Crippen molar-refractivity contribution in [2.24, 2.45) is 0 Å². The number of Topliss-reactive ketones (excluding diaryl/α,β-unsaturated/α-hetero) is 1. The minimum absolute atomic E-state index is 0.0536. The van der Waals surface area contributed by atoms with Crippen LogP contribution in [0.2, 0.25) is 0 Å². The molecular weight excluding hydrogens is 302 g/mol. The normalized spacial score (nSPS) is 25.9. The third-order valence-electron chi connectivity index (χ3n) is 4.21. The summed E-state index contributed by atoms with van der Waals surface area (Å²) in [4.78, 5) is 38.2. The number of ketones is 2. The average Bonchev–Trinajstić information content (AvgIpc) is 3.07. The number of fused-ring (bicyclic) bond motifs is 2. The van der Waals surface area contributed by atoms with Crippen molar-refractivity contribution in [1.82, 2.24) is 0 Å². The van der Waals surface area contributed by atoms with Crippen LogP contribution in [0.5, 0.6) is 0 Å². The molecule has 1 amide bonds. The number of hydrogen-bond acceptors (Lipinski definition) is 6. The second-order valence-corrected chi connectivity index (χ2v) is 5.40. The van der Waals surface area contributed by atoms with Gasteiger partial charge in [0.15, 0.2) is 11.5 Å². The number of benzene rings is 1. The van der Waals surface area contributed by atoms with Crippen molar-refractivity contribution >= 4 is 23.2 Å². The van der Waals surface area contributed by atoms with Crippen molar-refractivity contribution in [3.63, 3.8) is 0 Å². The van der Waals surface area contributed by atoms with Crippen LogP contribution in [0.4, 0.5) is 5.69 Å². The van der Waals surface area contributed by atoms with E-state index in [-0.39, 0.29) is 29.4 Å². The molecule has 4 rings (SSSR count). The number of anilines is 1. The fraction of sp³-hybridized carbons (Fsp3) is 0.188. The number of amides is 1. The van der Waals surface area contributed by atoms with E-state index >= 15 is 0 Å². The molecular formula is C16H11NO6. The molecule has 1 fully saturated rings. The van der Waals surface area contributed by atoms with Crippen molar-refractivity contribution in [2.75, 3.05) is 18.7 Å². The molecule has 2 aliphatic heterocycles. The van der Waals surface area contributed by atoms with Crippen molar-refractivity contribution in [3.8, 4) is 0 Å². The van der Waals surface area contributed by atoms with E-state index in [9.17, 15) is 19.5 Å². The molecule has 0 radical (unpaired) electrons. The molecule has 0 bridgehead atoms. The molecule has 2 heterocycles. The number of ether oxygens (including phenoxy) is 2. The Morgan fingerprint density at radius 3 is 2.70 bits per heavy atom. The molecule has 1 aromatic carbocycles. The van der Waals surface area contributed by atoms with Gasteiger partial charge in [-0.1, -0.05) is 18.2 Å². The lowest BCUT2D eigenvalue weighted by molar-refractivity contribution is -0.138. The number of likely N-dealkylation sites (N-methyl/N-ethyl adjacent to an activating group) is 1. The quantitative estimate of drug-likeness (QED) is 0.586. The molecule has 7 heteroatoms. The Hall–Kier alpha value is -2.93. The lowest BCUT2D eigenvalue weighted by Crippen LogP contribution is -2.45. The van der Waals surface area contributed by atoms with Crippen LogP contribution in [0.25, 0.3) is 0 Å². The van der Waals surface area contributed by atoms with Crippen LogP contribution in [0.3, 0.4) is 0 Å². The van der Waals surface area contributed by atoms with Crippen LogP contribution in [-0.2, 0) is 29.5 Å². The van der Waals surface area contributed by atoms with E-state index in [1.54, 1.807) is 18.2 Å². The Morgan fingerprint density at radius 1 is 1.17 bits per heavy atom. The van der Waals surface area contributed by atoms with Crippen LogP contribution in [0, 0.1) is 0 Å². The summed E-state index contributed by atoms with van der Waals surface area (Å²) in [5, 5.41) is 11.2. The Morgan fingerprint density at radius 2 is 1.91 bits per heavy atom. The number of nitrogens with zero attached hydrogens (tertiary/aromatic N) is 1. The van der Waals surface area contributed by atoms with Gasteiger partial charge in [0.1, 0.15) is 0 Å². The van der Waals surface area contributed by atoms with Crippen molar-refractivity contribution < 1.29 is 29.0 Å². The van der Waals surface area contributed by atoms with Crippen molar-refractivity contribution in [3.05, 3.63) is 53.0 Å². The van der Waals surface area contributed by atoms with Gasteiger partial charge in [-0.3, -0.25) is 14.4 Å². The summed E-state index contributed by atoms with van der Waals surface area (Å²) in [6, 6.07) is 6.53. The maximum absolute atomic E-state index is 12.7. The van der Waals surface area contributed by atoms with Gasteiger partial charge in [0, 0.05) is 18.7 Å². The highest BCUT2D eigenvalue weighted by molar-refractivity contribution is 6.50. The van der Waals surface area contributed by atoms with E-state index in [1.807, 2.05) is 0 Å². The monoisotopic (exact) mass is 313 g/mol. The summed E-state index contributed by atoms with van der Waals surface area (Å²) < 4.78 is 10.4. The van der Waals surface area contributed by atoms with Crippen LogP contribution in [0.15, 0.2) is 47.4 Å². The van der Waals surface area contributed by atoms with Gasteiger partial charge < -0.3 is 19.5 Å². The molecule has 1 N–H and O–H groups in total. The zero-order valence-electron chi connectivity index (χ0n) is 12.0. The molecule has 0 spiro atoms. The fourth-order valence-electron chi connectivity index (χ4n) is 3.11. The number of rotatable bonds is 1.